The fraction of sp³-hybridized carbons (Fsp3) is 0.588. The van der Waals surface area contributed by atoms with Crippen molar-refractivity contribution in [2.75, 3.05) is 13.2 Å². The number of hydrogen-bond acceptors (Lipinski definition) is 3. The molecule has 0 heterocycles. The van der Waals surface area contributed by atoms with Crippen LogP contribution in [-0.2, 0) is 11.3 Å². The Morgan fingerprint density at radius 3 is 2.40 bits per heavy atom. The summed E-state index contributed by atoms with van der Waals surface area (Å²) in [6, 6.07) is 8.35. The van der Waals surface area contributed by atoms with Crippen LogP contribution in [0.4, 0.5) is 0 Å². The van der Waals surface area contributed by atoms with Gasteiger partial charge >= 0.3 is 0 Å². The number of oxime groups is 1. The Labute approximate surface area is 123 Å². The first-order chi connectivity index (χ1) is 9.80. The minimum Gasteiger partial charge on any atom is -0.488 e. The maximum Gasteiger partial charge on any atom is 0.127 e. The third-order valence-electron chi connectivity index (χ3n) is 3.37. The van der Waals surface area contributed by atoms with Crippen LogP contribution in [0.3, 0.4) is 0 Å². The van der Waals surface area contributed by atoms with E-state index in [0.717, 1.165) is 24.5 Å². The van der Waals surface area contributed by atoms with E-state index < -0.39 is 0 Å². The van der Waals surface area contributed by atoms with E-state index in [1.807, 2.05) is 12.1 Å². The lowest BCUT2D eigenvalue weighted by Crippen LogP contribution is -2.02. The van der Waals surface area contributed by atoms with Crippen LogP contribution in [-0.4, -0.2) is 19.4 Å². The van der Waals surface area contributed by atoms with E-state index in [1.54, 1.807) is 6.21 Å². The van der Waals surface area contributed by atoms with Crippen molar-refractivity contribution >= 4 is 6.21 Å². The second-order valence-electron chi connectivity index (χ2n) is 4.96. The van der Waals surface area contributed by atoms with E-state index in [4.69, 9.17) is 9.57 Å². The van der Waals surface area contributed by atoms with Gasteiger partial charge in [0.05, 0.1) is 6.21 Å². The van der Waals surface area contributed by atoms with Gasteiger partial charge in [0.2, 0.25) is 0 Å². The van der Waals surface area contributed by atoms with Crippen molar-refractivity contribution in [2.24, 2.45) is 11.1 Å². The van der Waals surface area contributed by atoms with Crippen LogP contribution < -0.4 is 4.74 Å². The lowest BCUT2D eigenvalue weighted by Gasteiger charge is -2.12. The second kappa shape index (κ2) is 10.3. The van der Waals surface area contributed by atoms with Crippen molar-refractivity contribution in [1.29, 1.82) is 0 Å². The van der Waals surface area contributed by atoms with Gasteiger partial charge in [-0.3, -0.25) is 0 Å². The van der Waals surface area contributed by atoms with Crippen LogP contribution in [0, 0.1) is 5.92 Å². The van der Waals surface area contributed by atoms with Gasteiger partial charge in [0.15, 0.2) is 0 Å². The predicted octanol–water partition coefficient (Wildman–Crippen LogP) is 4.46. The van der Waals surface area contributed by atoms with Crippen molar-refractivity contribution < 1.29 is 9.57 Å². The highest BCUT2D eigenvalue weighted by Gasteiger charge is 2.04. The van der Waals surface area contributed by atoms with Gasteiger partial charge in [-0.15, -0.1) is 0 Å². The first kappa shape index (κ1) is 16.5. The molecule has 0 saturated carbocycles. The molecule has 0 bridgehead atoms. The Morgan fingerprint density at radius 2 is 1.80 bits per heavy atom. The van der Waals surface area contributed by atoms with Crippen molar-refractivity contribution in [1.82, 2.24) is 0 Å². The predicted molar refractivity (Wildman–Crippen MR) is 84.4 cm³/mol. The van der Waals surface area contributed by atoms with Crippen LogP contribution in [0.2, 0.25) is 0 Å². The topological polar surface area (TPSA) is 30.8 Å². The van der Waals surface area contributed by atoms with E-state index >= 15 is 0 Å². The van der Waals surface area contributed by atoms with Crippen molar-refractivity contribution in [2.45, 2.75) is 46.5 Å². The largest absolute Gasteiger partial charge is 0.488 e. The van der Waals surface area contributed by atoms with E-state index in [1.165, 1.54) is 18.4 Å². The highest BCUT2D eigenvalue weighted by molar-refractivity contribution is 5.58. The fourth-order valence-corrected chi connectivity index (χ4v) is 1.99. The Bertz CT molecular complexity index is 369. The summed E-state index contributed by atoms with van der Waals surface area (Å²) in [6.07, 6.45) is 6.25. The van der Waals surface area contributed by atoms with Gasteiger partial charge in [-0.25, -0.2) is 0 Å². The molecular weight excluding hydrogens is 250 g/mol. The molecule has 0 amide bonds. The molecule has 1 aromatic rings. The zero-order valence-corrected chi connectivity index (χ0v) is 13.0. The van der Waals surface area contributed by atoms with Gasteiger partial charge in [0.1, 0.15) is 19.0 Å². The fourth-order valence-electron chi connectivity index (χ4n) is 1.99. The molecule has 0 fully saturated rings. The van der Waals surface area contributed by atoms with E-state index in [9.17, 15) is 0 Å². The van der Waals surface area contributed by atoms with Gasteiger partial charge in [-0.05, 0) is 36.5 Å². The molecule has 0 radical (unpaired) electrons. The summed E-state index contributed by atoms with van der Waals surface area (Å²) in [5.74, 6) is 1.66. The maximum atomic E-state index is 5.57. The zero-order chi connectivity index (χ0) is 14.6. The molecule has 0 spiro atoms. The van der Waals surface area contributed by atoms with Gasteiger partial charge in [0.25, 0.3) is 0 Å². The Morgan fingerprint density at radius 1 is 1.10 bits per heavy atom. The van der Waals surface area contributed by atoms with Crippen LogP contribution in [0.1, 0.15) is 45.6 Å². The molecule has 0 saturated heterocycles. The summed E-state index contributed by atoms with van der Waals surface area (Å²) in [5.41, 5.74) is 1.38. The number of ether oxygens (including phenoxy) is 1. The molecule has 0 N–H and O–H groups in total. The average molecular weight is 277 g/mol. The molecular formula is C17H27NO2. The molecule has 3 heteroatoms. The Kier molecular flexibility index (Phi) is 8.52. The summed E-state index contributed by atoms with van der Waals surface area (Å²) in [4.78, 5) is 5.00. The minimum atomic E-state index is 0.440. The monoisotopic (exact) mass is 277 g/mol. The summed E-state index contributed by atoms with van der Waals surface area (Å²) >= 11 is 0. The molecule has 0 aliphatic heterocycles. The highest BCUT2D eigenvalue weighted by atomic mass is 16.6. The van der Waals surface area contributed by atoms with Crippen LogP contribution in [0.5, 0.6) is 5.75 Å². The first-order valence-corrected chi connectivity index (χ1v) is 7.65. The van der Waals surface area contributed by atoms with Crippen LogP contribution >= 0.6 is 0 Å². The number of benzene rings is 1. The Hall–Kier alpha value is -1.51. The molecule has 0 aliphatic carbocycles. The third kappa shape index (κ3) is 6.60. The van der Waals surface area contributed by atoms with Crippen molar-refractivity contribution in [3.8, 4) is 5.75 Å². The van der Waals surface area contributed by atoms with Crippen LogP contribution in [0.15, 0.2) is 29.4 Å². The van der Waals surface area contributed by atoms with E-state index in [0.29, 0.717) is 13.2 Å². The summed E-state index contributed by atoms with van der Waals surface area (Å²) in [7, 11) is 0. The highest BCUT2D eigenvalue weighted by Crippen LogP contribution is 2.18. The number of hydrogen-bond donors (Lipinski definition) is 0. The van der Waals surface area contributed by atoms with Crippen LogP contribution in [0.25, 0.3) is 0 Å². The first-order valence-electron chi connectivity index (χ1n) is 7.65. The van der Waals surface area contributed by atoms with Gasteiger partial charge < -0.3 is 9.57 Å². The van der Waals surface area contributed by atoms with Crippen molar-refractivity contribution in [3.05, 3.63) is 29.8 Å². The van der Waals surface area contributed by atoms with E-state index in [2.05, 4.69) is 38.1 Å². The minimum absolute atomic E-state index is 0.440. The standard InChI is InChI=1S/C17H27NO2/c1-4-12-20-18-11-13-19-17-9-7-16(8-10-17)14-15(5-2)6-3/h7-11,15H,4-6,12-14H2,1-3H3/b18-11+. The van der Waals surface area contributed by atoms with Gasteiger partial charge in [-0.1, -0.05) is 50.9 Å². The second-order valence-corrected chi connectivity index (χ2v) is 4.96. The molecule has 20 heavy (non-hydrogen) atoms. The lowest BCUT2D eigenvalue weighted by molar-refractivity contribution is 0.145. The maximum absolute atomic E-state index is 5.57. The summed E-state index contributed by atoms with van der Waals surface area (Å²) in [5, 5.41) is 3.81. The molecule has 3 nitrogen and oxygen atoms in total. The molecule has 0 aliphatic rings. The normalized spacial score (nSPS) is 11.2. The third-order valence-corrected chi connectivity index (χ3v) is 3.37. The average Bonchev–Trinajstić information content (AvgIpc) is 2.49. The van der Waals surface area contributed by atoms with Gasteiger partial charge in [0, 0.05) is 0 Å². The summed E-state index contributed by atoms with van der Waals surface area (Å²) in [6.45, 7) is 7.66. The summed E-state index contributed by atoms with van der Waals surface area (Å²) < 4.78 is 5.57. The van der Waals surface area contributed by atoms with Gasteiger partial charge in [-0.2, -0.15) is 0 Å². The quantitative estimate of drug-likeness (QED) is 0.359. The molecule has 1 rings (SSSR count). The Balaban J connectivity index is 2.33. The molecule has 0 unspecified atom stereocenters. The smallest absolute Gasteiger partial charge is 0.127 e. The molecule has 0 aromatic heterocycles. The van der Waals surface area contributed by atoms with E-state index in [-0.39, 0.29) is 0 Å². The molecule has 112 valence electrons. The zero-order valence-electron chi connectivity index (χ0n) is 13.0. The number of nitrogens with zero attached hydrogens (tertiary/aromatic N) is 1. The molecule has 0 atom stereocenters. The number of rotatable bonds is 10. The molecule has 1 aromatic carbocycles. The SMILES string of the molecule is CCCO/N=C/COc1ccc(CC(CC)CC)cc1. The lowest BCUT2D eigenvalue weighted by atomic mass is 9.95. The van der Waals surface area contributed by atoms with Crippen molar-refractivity contribution in [3.63, 3.8) is 0 Å².